The highest BCUT2D eigenvalue weighted by molar-refractivity contribution is 7.89. The van der Waals surface area contributed by atoms with Crippen molar-refractivity contribution in [1.82, 2.24) is 4.72 Å². The summed E-state index contributed by atoms with van der Waals surface area (Å²) in [5, 5.41) is 20.4. The second-order valence-corrected chi connectivity index (χ2v) is 6.78. The summed E-state index contributed by atoms with van der Waals surface area (Å²) in [4.78, 5) is 20.6. The molecule has 0 spiro atoms. The van der Waals surface area contributed by atoms with Gasteiger partial charge in [0.15, 0.2) is 4.90 Å². The molecule has 1 rings (SSSR count). The Labute approximate surface area is 145 Å². The van der Waals surface area contributed by atoms with Gasteiger partial charge in [-0.2, -0.15) is 0 Å². The lowest BCUT2D eigenvalue weighted by Gasteiger charge is -2.14. The minimum Gasteiger partial charge on any atom is -0.461 e. The van der Waals surface area contributed by atoms with E-state index in [1.165, 1.54) is 19.1 Å². The van der Waals surface area contributed by atoms with Crippen LogP contribution >= 0.6 is 0 Å². The fourth-order valence-electron chi connectivity index (χ4n) is 2.04. The molecule has 0 aliphatic rings. The number of nitro groups is 1. The smallest absolute Gasteiger partial charge is 0.302 e. The molecule has 2 N–H and O–H groups in total. The number of nitrogens with one attached hydrogen (secondary N) is 1. The molecule has 0 amide bonds. The first-order valence-electron chi connectivity index (χ1n) is 7.40. The van der Waals surface area contributed by atoms with Crippen molar-refractivity contribution < 1.29 is 28.0 Å². The highest BCUT2D eigenvalue weighted by Gasteiger charge is 2.25. The largest absolute Gasteiger partial charge is 0.461 e. The van der Waals surface area contributed by atoms with E-state index >= 15 is 0 Å². The predicted octanol–water partition coefficient (Wildman–Crippen LogP) is 1.14. The Hall–Kier alpha value is -2.30. The molecule has 0 saturated carbocycles. The number of carbonyl (C=O) groups is 1. The second kappa shape index (κ2) is 9.25. The van der Waals surface area contributed by atoms with Gasteiger partial charge in [0, 0.05) is 19.5 Å². The van der Waals surface area contributed by atoms with Crippen LogP contribution in [-0.2, 0) is 19.6 Å². The zero-order valence-corrected chi connectivity index (χ0v) is 14.7. The van der Waals surface area contributed by atoms with Crippen molar-refractivity contribution in [3.05, 3.63) is 45.5 Å². The van der Waals surface area contributed by atoms with Gasteiger partial charge < -0.3 is 9.84 Å². The fourth-order valence-corrected chi connectivity index (χ4v) is 3.24. The van der Waals surface area contributed by atoms with E-state index in [9.17, 15) is 28.4 Å². The van der Waals surface area contributed by atoms with Crippen LogP contribution in [0.15, 0.2) is 40.3 Å². The number of hydrogen-bond acceptors (Lipinski definition) is 7. The van der Waals surface area contributed by atoms with E-state index in [4.69, 9.17) is 4.74 Å². The Morgan fingerprint density at radius 2 is 1.96 bits per heavy atom. The van der Waals surface area contributed by atoms with Crippen LogP contribution in [0.2, 0.25) is 0 Å². The van der Waals surface area contributed by atoms with Crippen molar-refractivity contribution in [2.45, 2.75) is 25.2 Å². The number of hydrogen-bond donors (Lipinski definition) is 2. The lowest BCUT2D eigenvalue weighted by molar-refractivity contribution is -0.387. The summed E-state index contributed by atoms with van der Waals surface area (Å²) in [5.74, 6) is -0.526. The van der Waals surface area contributed by atoms with Gasteiger partial charge in [-0.1, -0.05) is 24.6 Å². The van der Waals surface area contributed by atoms with Gasteiger partial charge in [-0.15, -0.1) is 0 Å². The van der Waals surface area contributed by atoms with Crippen molar-refractivity contribution in [1.29, 1.82) is 0 Å². The molecule has 25 heavy (non-hydrogen) atoms. The third-order valence-corrected chi connectivity index (χ3v) is 4.84. The molecule has 1 aromatic rings. The van der Waals surface area contributed by atoms with Gasteiger partial charge in [-0.25, -0.2) is 13.1 Å². The van der Waals surface area contributed by atoms with E-state index in [1.807, 2.05) is 0 Å². The number of rotatable bonds is 9. The van der Waals surface area contributed by atoms with Crippen molar-refractivity contribution in [3.8, 4) is 0 Å². The number of carbonyl (C=O) groups excluding carboxylic acids is 1. The lowest BCUT2D eigenvalue weighted by Crippen LogP contribution is -2.27. The monoisotopic (exact) mass is 372 g/mol. The Morgan fingerprint density at radius 1 is 1.32 bits per heavy atom. The normalized spacial score (nSPS) is 12.4. The van der Waals surface area contributed by atoms with E-state index in [0.717, 1.165) is 12.1 Å². The van der Waals surface area contributed by atoms with Gasteiger partial charge >= 0.3 is 5.97 Å². The SMILES string of the molecule is CC/C(CNS(=O)(=O)c1ccccc1[N+](=O)[O-])=C(\CO)COC(C)=O. The summed E-state index contributed by atoms with van der Waals surface area (Å²) in [7, 11) is -4.13. The average Bonchev–Trinajstić information content (AvgIpc) is 2.57. The van der Waals surface area contributed by atoms with Crippen LogP contribution in [0, 0.1) is 10.1 Å². The zero-order chi connectivity index (χ0) is 19.0. The molecule has 1 aromatic carbocycles. The molecule has 10 heteroatoms. The average molecular weight is 372 g/mol. The van der Waals surface area contributed by atoms with E-state index in [-0.39, 0.29) is 13.2 Å². The van der Waals surface area contributed by atoms with Gasteiger partial charge in [0.1, 0.15) is 6.61 Å². The maximum atomic E-state index is 12.4. The number of nitrogens with zero attached hydrogens (tertiary/aromatic N) is 1. The van der Waals surface area contributed by atoms with E-state index in [1.54, 1.807) is 6.92 Å². The van der Waals surface area contributed by atoms with Crippen LogP contribution in [0.3, 0.4) is 0 Å². The summed E-state index contributed by atoms with van der Waals surface area (Å²) in [6.07, 6.45) is 0.399. The molecule has 138 valence electrons. The molecule has 0 bridgehead atoms. The number of esters is 1. The van der Waals surface area contributed by atoms with E-state index < -0.39 is 38.1 Å². The molecule has 0 fully saturated rings. The molecule has 0 radical (unpaired) electrons. The van der Waals surface area contributed by atoms with Crippen molar-refractivity contribution in [2.75, 3.05) is 19.8 Å². The first-order valence-corrected chi connectivity index (χ1v) is 8.88. The predicted molar refractivity (Wildman–Crippen MR) is 89.3 cm³/mol. The number of aliphatic hydroxyl groups excluding tert-OH is 1. The minimum absolute atomic E-state index is 0.151. The third kappa shape index (κ3) is 5.93. The third-order valence-electron chi connectivity index (χ3n) is 3.39. The quantitative estimate of drug-likeness (QED) is 0.287. The molecule has 0 aliphatic carbocycles. The Balaban J connectivity index is 3.03. The van der Waals surface area contributed by atoms with Crippen molar-refractivity contribution in [2.24, 2.45) is 0 Å². The molecule has 0 aromatic heterocycles. The number of benzene rings is 1. The number of nitro benzene ring substituents is 1. The lowest BCUT2D eigenvalue weighted by atomic mass is 10.1. The number of aliphatic hydroxyl groups is 1. The van der Waals surface area contributed by atoms with Gasteiger partial charge in [0.05, 0.1) is 11.5 Å². The Morgan fingerprint density at radius 3 is 2.48 bits per heavy atom. The highest BCUT2D eigenvalue weighted by atomic mass is 32.2. The molecule has 0 atom stereocenters. The molecular formula is C15H20N2O7S. The van der Waals surface area contributed by atoms with Crippen LogP contribution in [0.5, 0.6) is 0 Å². The standard InChI is InChI=1S/C15H20N2O7S/c1-3-12(13(9-18)10-24-11(2)19)8-16-25(22,23)15-7-5-4-6-14(15)17(20)21/h4-7,16,18H,3,8-10H2,1-2H3/b13-12-. The summed E-state index contributed by atoms with van der Waals surface area (Å²) in [6.45, 7) is 2.25. The number of ether oxygens (including phenoxy) is 1. The number of sulfonamides is 1. The van der Waals surface area contributed by atoms with Gasteiger partial charge in [0.25, 0.3) is 5.69 Å². The van der Waals surface area contributed by atoms with Gasteiger partial charge in [-0.05, 0) is 18.1 Å². The Kier molecular flexibility index (Phi) is 7.68. The summed E-state index contributed by atoms with van der Waals surface area (Å²) < 4.78 is 31.8. The maximum Gasteiger partial charge on any atom is 0.302 e. The van der Waals surface area contributed by atoms with Crippen LogP contribution in [0.4, 0.5) is 5.69 Å². The Bertz CT molecular complexity index is 772. The molecule has 0 heterocycles. The highest BCUT2D eigenvalue weighted by Crippen LogP contribution is 2.23. The van der Waals surface area contributed by atoms with Gasteiger partial charge in [0.2, 0.25) is 10.0 Å². The first-order chi connectivity index (χ1) is 11.7. The summed E-state index contributed by atoms with van der Waals surface area (Å²) in [6, 6.07) is 5.00. The van der Waals surface area contributed by atoms with E-state index in [0.29, 0.717) is 17.6 Å². The van der Waals surface area contributed by atoms with Crippen LogP contribution in [0.25, 0.3) is 0 Å². The molecule has 0 saturated heterocycles. The van der Waals surface area contributed by atoms with Crippen molar-refractivity contribution in [3.63, 3.8) is 0 Å². The fraction of sp³-hybridized carbons (Fsp3) is 0.400. The molecule has 9 nitrogen and oxygen atoms in total. The summed E-state index contributed by atoms with van der Waals surface area (Å²) in [5.41, 5.74) is 0.383. The van der Waals surface area contributed by atoms with Gasteiger partial charge in [-0.3, -0.25) is 14.9 Å². The summed E-state index contributed by atoms with van der Waals surface area (Å²) >= 11 is 0. The second-order valence-electron chi connectivity index (χ2n) is 5.05. The van der Waals surface area contributed by atoms with E-state index in [2.05, 4.69) is 4.72 Å². The first kappa shape index (κ1) is 20.7. The maximum absolute atomic E-state index is 12.4. The van der Waals surface area contributed by atoms with Crippen molar-refractivity contribution >= 4 is 21.7 Å². The molecular weight excluding hydrogens is 352 g/mol. The topological polar surface area (TPSA) is 136 Å². The molecule has 0 unspecified atom stereocenters. The zero-order valence-electron chi connectivity index (χ0n) is 13.9. The van der Waals surface area contributed by atoms with Crippen LogP contribution in [0.1, 0.15) is 20.3 Å². The molecule has 0 aliphatic heterocycles. The van der Waals surface area contributed by atoms with Crippen LogP contribution in [-0.4, -0.2) is 44.2 Å². The van der Waals surface area contributed by atoms with Crippen LogP contribution < -0.4 is 4.72 Å². The minimum atomic E-state index is -4.13. The number of para-hydroxylation sites is 1.